The van der Waals surface area contributed by atoms with Gasteiger partial charge in [0.1, 0.15) is 12.0 Å². The Morgan fingerprint density at radius 2 is 2.04 bits per heavy atom. The number of H-pyrrole nitrogens is 1. The number of fused-ring (bicyclic) bond motifs is 1. The summed E-state index contributed by atoms with van der Waals surface area (Å²) in [5, 5.41) is 15.0. The highest BCUT2D eigenvalue weighted by atomic mass is 16.4. The Hall–Kier alpha value is -4.01. The lowest BCUT2D eigenvalue weighted by Crippen LogP contribution is -2.27. The molecule has 0 atom stereocenters. The Labute approximate surface area is 159 Å². The first-order chi connectivity index (χ1) is 13.4. The van der Waals surface area contributed by atoms with Crippen LogP contribution >= 0.6 is 0 Å². The number of nitrogens with one attached hydrogen (secondary N) is 3. The third-order valence-electron chi connectivity index (χ3n) is 3.97. The minimum absolute atomic E-state index is 0.0404. The van der Waals surface area contributed by atoms with Crippen molar-refractivity contribution in [3.05, 3.63) is 54.5 Å². The van der Waals surface area contributed by atoms with Gasteiger partial charge < -0.3 is 20.7 Å². The van der Waals surface area contributed by atoms with Gasteiger partial charge in [-0.25, -0.2) is 14.8 Å². The van der Waals surface area contributed by atoms with Gasteiger partial charge in [0.2, 0.25) is 5.91 Å². The zero-order valence-electron chi connectivity index (χ0n) is 14.9. The van der Waals surface area contributed by atoms with Crippen LogP contribution in [0.3, 0.4) is 0 Å². The van der Waals surface area contributed by atoms with Gasteiger partial charge in [-0.2, -0.15) is 0 Å². The van der Waals surface area contributed by atoms with E-state index in [0.717, 1.165) is 0 Å². The predicted octanol–water partition coefficient (Wildman–Crippen LogP) is 1.95. The second kappa shape index (κ2) is 7.70. The van der Waals surface area contributed by atoms with Gasteiger partial charge in [0.15, 0.2) is 0 Å². The topological polar surface area (TPSA) is 137 Å². The molecule has 0 fully saturated rings. The van der Waals surface area contributed by atoms with Crippen molar-refractivity contribution in [1.29, 1.82) is 0 Å². The summed E-state index contributed by atoms with van der Waals surface area (Å²) < 4.78 is 0. The highest BCUT2D eigenvalue weighted by molar-refractivity contribution is 6.08. The number of hydrogen-bond donors (Lipinski definition) is 4. The first kappa shape index (κ1) is 18.8. The standard InChI is InChI=1S/C19H17N5O4/c1-10(7-20-11(2)25)18(26)24-13-5-3-4-12(6-13)16-15-14(19(27)28)8-21-17(15)23-9-22-16/h3-6,8-9H,1,7H2,2H3,(H,20,25)(H,24,26)(H,27,28)(H,21,22,23). The fourth-order valence-corrected chi connectivity index (χ4v) is 2.63. The third kappa shape index (κ3) is 3.88. The number of aromatic carboxylic acids is 1. The fraction of sp³-hybridized carbons (Fsp3) is 0.105. The van der Waals surface area contributed by atoms with E-state index in [0.29, 0.717) is 28.0 Å². The fourth-order valence-electron chi connectivity index (χ4n) is 2.63. The van der Waals surface area contributed by atoms with Gasteiger partial charge in [-0.3, -0.25) is 9.59 Å². The average Bonchev–Trinajstić information content (AvgIpc) is 3.10. The number of carbonyl (C=O) groups excluding carboxylic acids is 2. The van der Waals surface area contributed by atoms with Gasteiger partial charge >= 0.3 is 5.97 Å². The van der Waals surface area contributed by atoms with E-state index in [9.17, 15) is 19.5 Å². The second-order valence-electron chi connectivity index (χ2n) is 6.00. The molecule has 2 amide bonds. The van der Waals surface area contributed by atoms with Gasteiger partial charge in [0, 0.05) is 36.5 Å². The van der Waals surface area contributed by atoms with E-state index in [1.54, 1.807) is 24.3 Å². The maximum atomic E-state index is 12.2. The van der Waals surface area contributed by atoms with Gasteiger partial charge in [-0.15, -0.1) is 0 Å². The van der Waals surface area contributed by atoms with Crippen LogP contribution in [0.5, 0.6) is 0 Å². The Morgan fingerprint density at radius 3 is 2.75 bits per heavy atom. The molecule has 2 heterocycles. The molecule has 2 aromatic heterocycles. The molecule has 3 aromatic rings. The van der Waals surface area contributed by atoms with E-state index >= 15 is 0 Å². The summed E-state index contributed by atoms with van der Waals surface area (Å²) in [6.45, 7) is 5.04. The highest BCUT2D eigenvalue weighted by Gasteiger charge is 2.17. The Morgan fingerprint density at radius 1 is 1.25 bits per heavy atom. The molecule has 0 spiro atoms. The number of aromatic nitrogens is 3. The molecule has 0 unspecified atom stereocenters. The minimum Gasteiger partial charge on any atom is -0.478 e. The molecule has 1 aromatic carbocycles. The van der Waals surface area contributed by atoms with Crippen LogP contribution in [0.15, 0.2) is 48.9 Å². The second-order valence-corrected chi connectivity index (χ2v) is 6.00. The summed E-state index contributed by atoms with van der Waals surface area (Å²) in [5.74, 6) is -1.79. The molecule has 0 bridgehead atoms. The molecule has 0 saturated heterocycles. The van der Waals surface area contributed by atoms with Gasteiger partial charge in [0.05, 0.1) is 16.6 Å². The average molecular weight is 379 g/mol. The number of carbonyl (C=O) groups is 3. The number of amides is 2. The van der Waals surface area contributed by atoms with Crippen LogP contribution in [0.4, 0.5) is 5.69 Å². The molecule has 0 saturated carbocycles. The zero-order chi connectivity index (χ0) is 20.3. The van der Waals surface area contributed by atoms with Crippen LogP contribution in [-0.2, 0) is 9.59 Å². The summed E-state index contributed by atoms with van der Waals surface area (Å²) in [6, 6.07) is 6.81. The zero-order valence-corrected chi connectivity index (χ0v) is 14.9. The molecule has 3 rings (SSSR count). The van der Waals surface area contributed by atoms with Crippen molar-refractivity contribution in [2.24, 2.45) is 0 Å². The molecular weight excluding hydrogens is 362 g/mol. The number of aromatic amines is 1. The van der Waals surface area contributed by atoms with E-state index < -0.39 is 11.9 Å². The van der Waals surface area contributed by atoms with E-state index in [2.05, 4.69) is 32.2 Å². The molecule has 28 heavy (non-hydrogen) atoms. The molecule has 4 N–H and O–H groups in total. The number of carboxylic acid groups (broad SMARTS) is 1. The van der Waals surface area contributed by atoms with Crippen molar-refractivity contribution < 1.29 is 19.5 Å². The van der Waals surface area contributed by atoms with E-state index in [-0.39, 0.29) is 23.6 Å². The van der Waals surface area contributed by atoms with Gasteiger partial charge in [-0.1, -0.05) is 18.7 Å². The summed E-state index contributed by atoms with van der Waals surface area (Å²) in [5.41, 5.74) is 2.18. The quantitative estimate of drug-likeness (QED) is 0.483. The molecule has 0 aliphatic carbocycles. The summed E-state index contributed by atoms with van der Waals surface area (Å²) >= 11 is 0. The Kier molecular flexibility index (Phi) is 5.16. The van der Waals surface area contributed by atoms with Crippen molar-refractivity contribution in [2.75, 3.05) is 11.9 Å². The van der Waals surface area contributed by atoms with E-state index in [1.807, 2.05) is 0 Å². The maximum absolute atomic E-state index is 12.2. The smallest absolute Gasteiger partial charge is 0.338 e. The molecule has 9 heteroatoms. The first-order valence-corrected chi connectivity index (χ1v) is 8.26. The lowest BCUT2D eigenvalue weighted by Gasteiger charge is -2.10. The summed E-state index contributed by atoms with van der Waals surface area (Å²) in [4.78, 5) is 45.7. The van der Waals surface area contributed by atoms with Crippen LogP contribution in [0.1, 0.15) is 17.3 Å². The van der Waals surface area contributed by atoms with Crippen molar-refractivity contribution in [1.82, 2.24) is 20.3 Å². The van der Waals surface area contributed by atoms with Crippen LogP contribution in [0.2, 0.25) is 0 Å². The molecule has 142 valence electrons. The van der Waals surface area contributed by atoms with Crippen LogP contribution in [0, 0.1) is 0 Å². The van der Waals surface area contributed by atoms with Crippen LogP contribution < -0.4 is 10.6 Å². The molecule has 0 aliphatic rings. The molecule has 9 nitrogen and oxygen atoms in total. The van der Waals surface area contributed by atoms with E-state index in [1.165, 1.54) is 19.4 Å². The summed E-state index contributed by atoms with van der Waals surface area (Å²) in [7, 11) is 0. The first-order valence-electron chi connectivity index (χ1n) is 8.26. The highest BCUT2D eigenvalue weighted by Crippen LogP contribution is 2.29. The van der Waals surface area contributed by atoms with Crippen LogP contribution in [-0.4, -0.2) is 44.4 Å². The number of nitrogens with zero attached hydrogens (tertiary/aromatic N) is 2. The van der Waals surface area contributed by atoms with Crippen molar-refractivity contribution >= 4 is 34.5 Å². The van der Waals surface area contributed by atoms with Crippen molar-refractivity contribution in [2.45, 2.75) is 6.92 Å². The maximum Gasteiger partial charge on any atom is 0.338 e. The molecule has 0 radical (unpaired) electrons. The number of carboxylic acids is 1. The largest absolute Gasteiger partial charge is 0.478 e. The molecule has 0 aliphatic heterocycles. The monoisotopic (exact) mass is 379 g/mol. The SMILES string of the molecule is C=C(CNC(C)=O)C(=O)Nc1cccc(-c2ncnc3[nH]cc(C(=O)O)c23)c1. The number of benzene rings is 1. The van der Waals surface area contributed by atoms with Gasteiger partial charge in [0.25, 0.3) is 5.91 Å². The van der Waals surface area contributed by atoms with Gasteiger partial charge in [-0.05, 0) is 12.1 Å². The lowest BCUT2D eigenvalue weighted by atomic mass is 10.1. The number of anilines is 1. The molecular formula is C19H17N5O4. The Balaban J connectivity index is 1.90. The summed E-state index contributed by atoms with van der Waals surface area (Å²) in [6.07, 6.45) is 2.70. The number of hydrogen-bond acceptors (Lipinski definition) is 5. The van der Waals surface area contributed by atoms with E-state index in [4.69, 9.17) is 0 Å². The van der Waals surface area contributed by atoms with Crippen molar-refractivity contribution in [3.63, 3.8) is 0 Å². The normalized spacial score (nSPS) is 10.5. The Bertz CT molecular complexity index is 1100. The van der Waals surface area contributed by atoms with Crippen molar-refractivity contribution in [3.8, 4) is 11.3 Å². The minimum atomic E-state index is -1.10. The predicted molar refractivity (Wildman–Crippen MR) is 103 cm³/mol. The number of rotatable bonds is 6. The lowest BCUT2D eigenvalue weighted by molar-refractivity contribution is -0.118. The van der Waals surface area contributed by atoms with Crippen LogP contribution in [0.25, 0.3) is 22.3 Å². The third-order valence-corrected chi connectivity index (χ3v) is 3.97.